The second-order valence-electron chi connectivity index (χ2n) is 8.71. The van der Waals surface area contributed by atoms with Crippen molar-refractivity contribution >= 4 is 34.5 Å². The van der Waals surface area contributed by atoms with Crippen LogP contribution in [0.1, 0.15) is 50.2 Å². The number of fused-ring (bicyclic) bond motifs is 1. The summed E-state index contributed by atoms with van der Waals surface area (Å²) in [6, 6.07) is 5.39. The lowest BCUT2D eigenvalue weighted by atomic mass is 10.1. The molecule has 0 aliphatic heterocycles. The molecule has 1 atom stereocenters. The molecule has 0 unspecified atom stereocenters. The van der Waals surface area contributed by atoms with Crippen LogP contribution in [0.5, 0.6) is 0 Å². The number of hydrogen-bond acceptors (Lipinski definition) is 8. The number of aryl methyl sites for hydroxylation is 4. The van der Waals surface area contributed by atoms with E-state index >= 15 is 0 Å². The van der Waals surface area contributed by atoms with Crippen molar-refractivity contribution in [2.24, 2.45) is 0 Å². The number of rotatable bonds is 8. The van der Waals surface area contributed by atoms with Crippen LogP contribution in [-0.4, -0.2) is 51.3 Å². The van der Waals surface area contributed by atoms with Crippen molar-refractivity contribution in [2.75, 3.05) is 24.4 Å². The summed E-state index contributed by atoms with van der Waals surface area (Å²) in [4.78, 5) is 30.0. The van der Waals surface area contributed by atoms with Gasteiger partial charge >= 0.3 is 0 Å². The lowest BCUT2D eigenvalue weighted by Gasteiger charge is -2.13. The van der Waals surface area contributed by atoms with Gasteiger partial charge in [0.1, 0.15) is 23.2 Å². The van der Waals surface area contributed by atoms with Gasteiger partial charge in [0, 0.05) is 30.7 Å². The molecule has 0 bridgehead atoms. The van der Waals surface area contributed by atoms with E-state index < -0.39 is 0 Å². The Morgan fingerprint density at radius 3 is 2.64 bits per heavy atom. The summed E-state index contributed by atoms with van der Waals surface area (Å²) in [5.41, 5.74) is 5.13. The molecule has 2 amide bonds. The summed E-state index contributed by atoms with van der Waals surface area (Å²) in [6.45, 7) is 9.51. The summed E-state index contributed by atoms with van der Waals surface area (Å²) >= 11 is 0. The highest BCUT2D eigenvalue weighted by Gasteiger charge is 2.20. The number of carbonyl (C=O) groups excluding carboxylic acids is 2. The molecule has 0 spiro atoms. The van der Waals surface area contributed by atoms with Crippen LogP contribution < -0.4 is 16.0 Å². The Balaban J connectivity index is 1.62. The molecule has 0 fully saturated rings. The monoisotopic (exact) mass is 491 g/mol. The zero-order valence-electron chi connectivity index (χ0n) is 21.1. The average molecular weight is 492 g/mol. The Hall–Kier alpha value is -4.25. The van der Waals surface area contributed by atoms with E-state index in [0.29, 0.717) is 46.2 Å². The molecule has 4 rings (SSSR count). The van der Waals surface area contributed by atoms with Gasteiger partial charge in [0.15, 0.2) is 5.82 Å². The van der Waals surface area contributed by atoms with Crippen molar-refractivity contribution in [3.05, 3.63) is 64.4 Å². The van der Waals surface area contributed by atoms with Gasteiger partial charge in [-0.05, 0) is 57.9 Å². The quantitative estimate of drug-likeness (QED) is 0.339. The molecule has 11 nitrogen and oxygen atoms in total. The molecular weight excluding hydrogens is 462 g/mol. The summed E-state index contributed by atoms with van der Waals surface area (Å²) in [5.74, 6) is 0.475. The smallest absolute Gasteiger partial charge is 0.261 e. The second kappa shape index (κ2) is 10.2. The third-order valence-corrected chi connectivity index (χ3v) is 5.87. The minimum absolute atomic E-state index is 0.139. The van der Waals surface area contributed by atoms with Gasteiger partial charge in [-0.25, -0.2) is 9.50 Å². The number of nitrogens with one attached hydrogen (secondary N) is 3. The molecule has 3 N–H and O–H groups in total. The molecule has 0 aliphatic rings. The largest absolute Gasteiger partial charge is 0.383 e. The van der Waals surface area contributed by atoms with Gasteiger partial charge in [0.05, 0.1) is 17.9 Å². The lowest BCUT2D eigenvalue weighted by molar-refractivity contribution is 0.0904. The van der Waals surface area contributed by atoms with Gasteiger partial charge in [0.2, 0.25) is 0 Å². The highest BCUT2D eigenvalue weighted by atomic mass is 16.5. The van der Waals surface area contributed by atoms with Crippen molar-refractivity contribution < 1.29 is 18.8 Å². The van der Waals surface area contributed by atoms with E-state index in [1.54, 1.807) is 31.7 Å². The Morgan fingerprint density at radius 2 is 1.94 bits per heavy atom. The van der Waals surface area contributed by atoms with E-state index in [-0.39, 0.29) is 17.9 Å². The number of ether oxygens (including phenoxy) is 1. The zero-order valence-corrected chi connectivity index (χ0v) is 21.1. The first-order chi connectivity index (χ1) is 17.2. The van der Waals surface area contributed by atoms with Crippen LogP contribution in [0.2, 0.25) is 0 Å². The predicted octanol–water partition coefficient (Wildman–Crippen LogP) is 3.71. The van der Waals surface area contributed by atoms with E-state index in [2.05, 4.69) is 31.2 Å². The van der Waals surface area contributed by atoms with Gasteiger partial charge < -0.3 is 25.2 Å². The SMILES string of the molecule is COC[C@H](C)NC(=O)c1cn2ncnc(Nc3cc(NC(=O)c4c(C)noc4C)ccc3C)c2c1C. The maximum absolute atomic E-state index is 12.8. The molecule has 3 aromatic heterocycles. The number of amides is 2. The average Bonchev–Trinajstić information content (AvgIpc) is 3.35. The van der Waals surface area contributed by atoms with E-state index in [4.69, 9.17) is 9.26 Å². The summed E-state index contributed by atoms with van der Waals surface area (Å²) < 4.78 is 11.8. The zero-order chi connectivity index (χ0) is 26.0. The van der Waals surface area contributed by atoms with Crippen molar-refractivity contribution in [1.82, 2.24) is 25.1 Å². The topological polar surface area (TPSA) is 136 Å². The van der Waals surface area contributed by atoms with Crippen molar-refractivity contribution in [3.8, 4) is 0 Å². The number of nitrogens with zero attached hydrogens (tertiary/aromatic N) is 4. The minimum atomic E-state index is -0.300. The molecule has 0 saturated carbocycles. The fraction of sp³-hybridized carbons (Fsp3) is 0.320. The first kappa shape index (κ1) is 24.9. The number of carbonyl (C=O) groups is 2. The highest BCUT2D eigenvalue weighted by molar-refractivity contribution is 6.06. The predicted molar refractivity (Wildman–Crippen MR) is 135 cm³/mol. The normalized spacial score (nSPS) is 11.9. The molecule has 0 saturated heterocycles. The maximum atomic E-state index is 12.8. The molecule has 188 valence electrons. The standard InChI is InChI=1S/C25H29N7O4/c1-13-7-8-18(29-25(34)21-16(4)31-36-17(21)5)9-20(13)30-23-22-15(3)19(10-32(22)27-12-26-23)24(33)28-14(2)11-35-6/h7-10,12,14H,11H2,1-6H3,(H,28,33)(H,29,34)(H,26,27,30)/t14-/m0/s1. The number of hydrogen-bond donors (Lipinski definition) is 3. The van der Waals surface area contributed by atoms with E-state index in [0.717, 1.165) is 16.8 Å². The fourth-order valence-corrected chi connectivity index (χ4v) is 4.04. The van der Waals surface area contributed by atoms with Crippen LogP contribution in [0.4, 0.5) is 17.2 Å². The van der Waals surface area contributed by atoms with Crippen molar-refractivity contribution in [1.29, 1.82) is 0 Å². The fourth-order valence-electron chi connectivity index (χ4n) is 4.04. The van der Waals surface area contributed by atoms with E-state index in [1.807, 2.05) is 39.0 Å². The Kier molecular flexibility index (Phi) is 7.02. The summed E-state index contributed by atoms with van der Waals surface area (Å²) in [6.07, 6.45) is 3.10. The van der Waals surface area contributed by atoms with Crippen LogP contribution in [0, 0.1) is 27.7 Å². The molecule has 0 radical (unpaired) electrons. The Labute approximate surface area is 208 Å². The van der Waals surface area contributed by atoms with E-state index in [9.17, 15) is 9.59 Å². The number of methoxy groups -OCH3 is 1. The van der Waals surface area contributed by atoms with Crippen molar-refractivity contribution in [3.63, 3.8) is 0 Å². The van der Waals surface area contributed by atoms with Gasteiger partial charge in [-0.15, -0.1) is 0 Å². The Bertz CT molecular complexity index is 1420. The maximum Gasteiger partial charge on any atom is 0.261 e. The molecule has 36 heavy (non-hydrogen) atoms. The molecule has 1 aromatic carbocycles. The van der Waals surface area contributed by atoms with Gasteiger partial charge in [0.25, 0.3) is 11.8 Å². The molecule has 0 aliphatic carbocycles. The number of benzene rings is 1. The summed E-state index contributed by atoms with van der Waals surface area (Å²) in [5, 5.41) is 17.3. The first-order valence-electron chi connectivity index (χ1n) is 11.4. The van der Waals surface area contributed by atoms with Crippen LogP contribution in [0.25, 0.3) is 5.52 Å². The third kappa shape index (κ3) is 4.91. The molecule has 4 aromatic rings. The van der Waals surface area contributed by atoms with Crippen LogP contribution in [0.3, 0.4) is 0 Å². The van der Waals surface area contributed by atoms with E-state index in [1.165, 1.54) is 6.33 Å². The second-order valence-corrected chi connectivity index (χ2v) is 8.71. The van der Waals surface area contributed by atoms with Crippen LogP contribution in [-0.2, 0) is 4.74 Å². The Morgan fingerprint density at radius 1 is 1.17 bits per heavy atom. The molecular formula is C25H29N7O4. The lowest BCUT2D eigenvalue weighted by Crippen LogP contribution is -2.35. The summed E-state index contributed by atoms with van der Waals surface area (Å²) in [7, 11) is 1.59. The van der Waals surface area contributed by atoms with Crippen LogP contribution >= 0.6 is 0 Å². The van der Waals surface area contributed by atoms with Gasteiger partial charge in [-0.1, -0.05) is 11.2 Å². The van der Waals surface area contributed by atoms with Gasteiger partial charge in [-0.2, -0.15) is 5.10 Å². The van der Waals surface area contributed by atoms with Crippen molar-refractivity contribution in [2.45, 2.75) is 40.7 Å². The highest BCUT2D eigenvalue weighted by Crippen LogP contribution is 2.29. The third-order valence-electron chi connectivity index (χ3n) is 5.87. The first-order valence-corrected chi connectivity index (χ1v) is 11.4. The van der Waals surface area contributed by atoms with Gasteiger partial charge in [-0.3, -0.25) is 9.59 Å². The van der Waals surface area contributed by atoms with Crippen LogP contribution in [0.15, 0.2) is 35.2 Å². The number of aromatic nitrogens is 4. The molecule has 3 heterocycles. The molecule has 11 heteroatoms. The number of anilines is 3. The minimum Gasteiger partial charge on any atom is -0.383 e.